The number of piperidine rings is 1. The molecule has 0 unspecified atom stereocenters. The molecule has 0 aromatic heterocycles. The summed E-state index contributed by atoms with van der Waals surface area (Å²) in [5.74, 6) is 0.780. The molecule has 0 bridgehead atoms. The molecule has 1 N–H and O–H groups in total. The Kier molecular flexibility index (Phi) is 7.76. The normalized spacial score (nSPS) is 19.1. The highest BCUT2D eigenvalue weighted by atomic mass is 16.5. The highest BCUT2D eigenvalue weighted by molar-refractivity contribution is 4.72. The summed E-state index contributed by atoms with van der Waals surface area (Å²) in [6.45, 7) is 7.36. The zero-order valence-corrected chi connectivity index (χ0v) is 10.7. The van der Waals surface area contributed by atoms with Gasteiger partial charge in [0.15, 0.2) is 0 Å². The van der Waals surface area contributed by atoms with E-state index >= 15 is 0 Å². The Morgan fingerprint density at radius 2 is 1.88 bits per heavy atom. The van der Waals surface area contributed by atoms with Gasteiger partial charge >= 0.3 is 0 Å². The molecule has 0 radical (unpaired) electrons. The summed E-state index contributed by atoms with van der Waals surface area (Å²) in [5, 5.41) is 3.38. The first-order valence-corrected chi connectivity index (χ1v) is 6.27. The van der Waals surface area contributed by atoms with Crippen LogP contribution in [0.2, 0.25) is 0 Å². The minimum Gasteiger partial charge on any atom is -0.384 e. The molecule has 0 saturated carbocycles. The van der Waals surface area contributed by atoms with Crippen molar-refractivity contribution in [1.29, 1.82) is 0 Å². The highest BCUT2D eigenvalue weighted by Gasteiger charge is 2.18. The maximum absolute atomic E-state index is 5.20. The molecule has 0 aliphatic carbocycles. The van der Waals surface area contributed by atoms with E-state index in [1.165, 1.54) is 25.9 Å². The van der Waals surface area contributed by atoms with E-state index < -0.39 is 0 Å². The lowest BCUT2D eigenvalue weighted by Crippen LogP contribution is -2.39. The molecular formula is C12H26N2O2. The molecule has 96 valence electrons. The van der Waals surface area contributed by atoms with E-state index in [2.05, 4.69) is 10.2 Å². The highest BCUT2D eigenvalue weighted by Crippen LogP contribution is 2.16. The van der Waals surface area contributed by atoms with Crippen molar-refractivity contribution >= 4 is 0 Å². The van der Waals surface area contributed by atoms with E-state index in [0.717, 1.165) is 38.8 Å². The van der Waals surface area contributed by atoms with Crippen molar-refractivity contribution in [2.75, 3.05) is 60.2 Å². The number of rotatable bonds is 8. The minimum atomic E-state index is 0.780. The van der Waals surface area contributed by atoms with Crippen LogP contribution in [-0.4, -0.2) is 65.1 Å². The monoisotopic (exact) mass is 230 g/mol. The average molecular weight is 230 g/mol. The third-order valence-electron chi connectivity index (χ3n) is 3.20. The van der Waals surface area contributed by atoms with Crippen molar-refractivity contribution in [3.05, 3.63) is 0 Å². The molecule has 0 atom stereocenters. The van der Waals surface area contributed by atoms with Gasteiger partial charge in [-0.1, -0.05) is 0 Å². The van der Waals surface area contributed by atoms with E-state index in [-0.39, 0.29) is 0 Å². The van der Waals surface area contributed by atoms with E-state index in [0.29, 0.717) is 0 Å². The summed E-state index contributed by atoms with van der Waals surface area (Å²) in [5.41, 5.74) is 0. The fourth-order valence-electron chi connectivity index (χ4n) is 2.15. The van der Waals surface area contributed by atoms with Crippen LogP contribution in [0.1, 0.15) is 12.8 Å². The molecule has 16 heavy (non-hydrogen) atoms. The van der Waals surface area contributed by atoms with E-state index in [4.69, 9.17) is 9.47 Å². The second-order valence-corrected chi connectivity index (χ2v) is 4.48. The van der Waals surface area contributed by atoms with Crippen LogP contribution < -0.4 is 5.32 Å². The molecule has 1 aliphatic heterocycles. The summed E-state index contributed by atoms with van der Waals surface area (Å²) in [6.07, 6.45) is 2.57. The predicted octanol–water partition coefficient (Wildman–Crippen LogP) is 0.581. The fraction of sp³-hybridized carbons (Fsp3) is 1.00. The molecule has 0 amide bonds. The van der Waals surface area contributed by atoms with Crippen LogP contribution in [0.4, 0.5) is 0 Å². The number of nitrogens with one attached hydrogen (secondary N) is 1. The van der Waals surface area contributed by atoms with Gasteiger partial charge < -0.3 is 19.7 Å². The van der Waals surface area contributed by atoms with Crippen molar-refractivity contribution in [3.8, 4) is 0 Å². The lowest BCUT2D eigenvalue weighted by molar-refractivity contribution is 0.0995. The van der Waals surface area contributed by atoms with Crippen molar-refractivity contribution in [3.63, 3.8) is 0 Å². The summed E-state index contributed by atoms with van der Waals surface area (Å²) in [4.78, 5) is 2.53. The van der Waals surface area contributed by atoms with Crippen LogP contribution in [0.15, 0.2) is 0 Å². The first-order chi connectivity index (χ1) is 7.86. The van der Waals surface area contributed by atoms with Gasteiger partial charge in [0, 0.05) is 40.5 Å². The molecule has 4 nitrogen and oxygen atoms in total. The molecule has 1 aliphatic rings. The Bertz CT molecular complexity index is 159. The number of nitrogens with zero attached hydrogens (tertiary/aromatic N) is 1. The van der Waals surface area contributed by atoms with Crippen LogP contribution >= 0.6 is 0 Å². The van der Waals surface area contributed by atoms with Gasteiger partial charge in [0.2, 0.25) is 0 Å². The van der Waals surface area contributed by atoms with Gasteiger partial charge in [0.25, 0.3) is 0 Å². The Labute approximate surface area is 99.3 Å². The van der Waals surface area contributed by atoms with Gasteiger partial charge in [-0.2, -0.15) is 0 Å². The van der Waals surface area contributed by atoms with Gasteiger partial charge in [-0.15, -0.1) is 0 Å². The van der Waals surface area contributed by atoms with Crippen molar-refractivity contribution in [1.82, 2.24) is 10.2 Å². The van der Waals surface area contributed by atoms with Crippen LogP contribution in [0.3, 0.4) is 0 Å². The zero-order chi connectivity index (χ0) is 11.6. The third-order valence-corrected chi connectivity index (χ3v) is 3.20. The van der Waals surface area contributed by atoms with Gasteiger partial charge in [-0.25, -0.2) is 0 Å². The van der Waals surface area contributed by atoms with Gasteiger partial charge in [-0.3, -0.25) is 0 Å². The summed E-state index contributed by atoms with van der Waals surface area (Å²) in [7, 11) is 3.54. The van der Waals surface area contributed by atoms with E-state index in [9.17, 15) is 0 Å². The number of likely N-dealkylation sites (tertiary alicyclic amines) is 1. The summed E-state index contributed by atoms with van der Waals surface area (Å²) < 4.78 is 10.2. The Hall–Kier alpha value is -0.160. The Morgan fingerprint density at radius 3 is 2.50 bits per heavy atom. The molecule has 1 saturated heterocycles. The first kappa shape index (κ1) is 13.9. The topological polar surface area (TPSA) is 33.7 Å². The zero-order valence-electron chi connectivity index (χ0n) is 10.7. The van der Waals surface area contributed by atoms with Gasteiger partial charge in [0.1, 0.15) is 0 Å². The second-order valence-electron chi connectivity index (χ2n) is 4.48. The largest absolute Gasteiger partial charge is 0.384 e. The van der Waals surface area contributed by atoms with E-state index in [1.807, 2.05) is 0 Å². The summed E-state index contributed by atoms with van der Waals surface area (Å²) >= 11 is 0. The van der Waals surface area contributed by atoms with Crippen LogP contribution in [-0.2, 0) is 9.47 Å². The lowest BCUT2D eigenvalue weighted by Gasteiger charge is -2.31. The van der Waals surface area contributed by atoms with Gasteiger partial charge in [0.05, 0.1) is 6.61 Å². The first-order valence-electron chi connectivity index (χ1n) is 6.27. The third kappa shape index (κ3) is 5.80. The van der Waals surface area contributed by atoms with Crippen molar-refractivity contribution in [2.45, 2.75) is 12.8 Å². The predicted molar refractivity (Wildman–Crippen MR) is 65.8 cm³/mol. The number of ether oxygens (including phenoxy) is 2. The Morgan fingerprint density at radius 1 is 1.12 bits per heavy atom. The molecule has 4 heteroatoms. The smallest absolute Gasteiger partial charge is 0.0587 e. The average Bonchev–Trinajstić information content (AvgIpc) is 2.31. The standard InChI is InChI=1S/C12H26N2O2/c1-15-10-6-13-5-9-14-7-3-12(4-8-14)11-16-2/h12-13H,3-11H2,1-2H3. The SMILES string of the molecule is COCCNCCN1CCC(COC)CC1. The molecule has 1 rings (SSSR count). The van der Waals surface area contributed by atoms with Crippen molar-refractivity contribution < 1.29 is 9.47 Å². The van der Waals surface area contributed by atoms with Gasteiger partial charge in [-0.05, 0) is 31.8 Å². The molecular weight excluding hydrogens is 204 g/mol. The Balaban J connectivity index is 1.95. The minimum absolute atomic E-state index is 0.780. The maximum Gasteiger partial charge on any atom is 0.0587 e. The molecule has 0 aromatic carbocycles. The molecule has 1 heterocycles. The van der Waals surface area contributed by atoms with Crippen LogP contribution in [0, 0.1) is 5.92 Å². The lowest BCUT2D eigenvalue weighted by atomic mass is 9.98. The number of methoxy groups -OCH3 is 2. The summed E-state index contributed by atoms with van der Waals surface area (Å²) in [6, 6.07) is 0. The van der Waals surface area contributed by atoms with Crippen LogP contribution in [0.5, 0.6) is 0 Å². The number of hydrogen-bond acceptors (Lipinski definition) is 4. The number of hydrogen-bond donors (Lipinski definition) is 1. The van der Waals surface area contributed by atoms with E-state index in [1.54, 1.807) is 14.2 Å². The second kappa shape index (κ2) is 8.93. The molecule has 0 aromatic rings. The molecule has 1 fully saturated rings. The fourth-order valence-corrected chi connectivity index (χ4v) is 2.15. The quantitative estimate of drug-likeness (QED) is 0.619. The maximum atomic E-state index is 5.20. The van der Waals surface area contributed by atoms with Crippen LogP contribution in [0.25, 0.3) is 0 Å². The molecule has 0 spiro atoms. The van der Waals surface area contributed by atoms with Crippen molar-refractivity contribution in [2.24, 2.45) is 5.92 Å².